The molecule has 2 rings (SSSR count). The van der Waals surface area contributed by atoms with Gasteiger partial charge in [0.15, 0.2) is 11.6 Å². The number of aliphatic hydroxyl groups is 1. The van der Waals surface area contributed by atoms with Gasteiger partial charge in [0.2, 0.25) is 0 Å². The summed E-state index contributed by atoms with van der Waals surface area (Å²) in [5, 5.41) is 22.6. The van der Waals surface area contributed by atoms with Crippen LogP contribution in [0.2, 0.25) is 0 Å². The quantitative estimate of drug-likeness (QED) is 0.644. The Morgan fingerprint density at radius 1 is 1.30 bits per heavy atom. The number of benzene rings is 1. The molecule has 0 aliphatic heterocycles. The topological polar surface area (TPSA) is 75.4 Å². The molecule has 110 valence electrons. The Kier molecular flexibility index (Phi) is 4.17. The van der Waals surface area contributed by atoms with Crippen LogP contribution < -0.4 is 5.32 Å². The first-order valence-corrected chi connectivity index (χ1v) is 6.46. The predicted molar refractivity (Wildman–Crippen MR) is 69.5 cm³/mol. The van der Waals surface area contributed by atoms with Gasteiger partial charge in [-0.15, -0.1) is 0 Å². The first-order valence-electron chi connectivity index (χ1n) is 6.46. The minimum Gasteiger partial charge on any atom is -0.396 e. The van der Waals surface area contributed by atoms with E-state index in [1.165, 1.54) is 0 Å². The Labute approximate surface area is 114 Å². The number of rotatable bonds is 5. The van der Waals surface area contributed by atoms with Gasteiger partial charge in [0.1, 0.15) is 5.69 Å². The molecule has 2 N–H and O–H groups in total. The molecular formula is C13H16F2N2O3. The molecule has 7 heteroatoms. The monoisotopic (exact) mass is 286 g/mol. The SMILES string of the molecule is O=[N+]([O-])c1cc(F)c(NCC2(CO)CCCC2)c(F)c1. The Morgan fingerprint density at radius 2 is 1.85 bits per heavy atom. The molecule has 5 nitrogen and oxygen atoms in total. The van der Waals surface area contributed by atoms with E-state index in [9.17, 15) is 24.0 Å². The summed E-state index contributed by atoms with van der Waals surface area (Å²) in [5.41, 5.74) is -1.36. The zero-order valence-electron chi connectivity index (χ0n) is 10.9. The van der Waals surface area contributed by atoms with Gasteiger partial charge in [0.25, 0.3) is 5.69 Å². The van der Waals surface area contributed by atoms with Crippen LogP contribution in [0.25, 0.3) is 0 Å². The Morgan fingerprint density at radius 3 is 2.30 bits per heavy atom. The highest BCUT2D eigenvalue weighted by Gasteiger charge is 2.33. The van der Waals surface area contributed by atoms with Crippen molar-refractivity contribution in [3.05, 3.63) is 33.9 Å². The molecular weight excluding hydrogens is 270 g/mol. The predicted octanol–water partition coefficient (Wildman–Crippen LogP) is 2.84. The molecule has 1 aromatic carbocycles. The lowest BCUT2D eigenvalue weighted by Gasteiger charge is -2.27. The molecule has 0 spiro atoms. The van der Waals surface area contributed by atoms with Crippen molar-refractivity contribution in [2.75, 3.05) is 18.5 Å². The number of non-ortho nitro benzene ring substituents is 1. The smallest absolute Gasteiger partial charge is 0.275 e. The maximum absolute atomic E-state index is 13.7. The van der Waals surface area contributed by atoms with E-state index in [1.54, 1.807) is 0 Å². The van der Waals surface area contributed by atoms with E-state index in [4.69, 9.17) is 0 Å². The van der Waals surface area contributed by atoms with Crippen LogP contribution in [0.4, 0.5) is 20.2 Å². The van der Waals surface area contributed by atoms with Crippen molar-refractivity contribution in [3.63, 3.8) is 0 Å². The van der Waals surface area contributed by atoms with Crippen LogP contribution in [0.3, 0.4) is 0 Å². The summed E-state index contributed by atoms with van der Waals surface area (Å²) in [7, 11) is 0. The summed E-state index contributed by atoms with van der Waals surface area (Å²) in [6.45, 7) is 0.200. The van der Waals surface area contributed by atoms with Gasteiger partial charge in [0, 0.05) is 12.0 Å². The molecule has 1 fully saturated rings. The average Bonchev–Trinajstić information content (AvgIpc) is 2.87. The van der Waals surface area contributed by atoms with E-state index in [1.807, 2.05) is 0 Å². The number of aliphatic hydroxyl groups excluding tert-OH is 1. The van der Waals surface area contributed by atoms with Gasteiger partial charge in [-0.05, 0) is 12.8 Å². The van der Waals surface area contributed by atoms with Crippen LogP contribution >= 0.6 is 0 Å². The van der Waals surface area contributed by atoms with Crippen molar-refractivity contribution in [2.45, 2.75) is 25.7 Å². The second-order valence-electron chi connectivity index (χ2n) is 5.26. The Bertz CT molecular complexity index is 493. The highest BCUT2D eigenvalue weighted by molar-refractivity contribution is 5.51. The van der Waals surface area contributed by atoms with Crippen LogP contribution in [-0.2, 0) is 0 Å². The third kappa shape index (κ3) is 2.87. The summed E-state index contributed by atoms with van der Waals surface area (Å²) < 4.78 is 27.4. The van der Waals surface area contributed by atoms with Crippen LogP contribution in [-0.4, -0.2) is 23.2 Å². The summed E-state index contributed by atoms with van der Waals surface area (Å²) in [6, 6.07) is 1.37. The number of anilines is 1. The maximum atomic E-state index is 13.7. The third-order valence-electron chi connectivity index (χ3n) is 3.88. The van der Waals surface area contributed by atoms with Gasteiger partial charge < -0.3 is 10.4 Å². The molecule has 0 saturated heterocycles. The second-order valence-corrected chi connectivity index (χ2v) is 5.26. The fourth-order valence-electron chi connectivity index (χ4n) is 2.63. The van der Waals surface area contributed by atoms with Crippen molar-refractivity contribution in [1.82, 2.24) is 0 Å². The van der Waals surface area contributed by atoms with Gasteiger partial charge >= 0.3 is 0 Å². The lowest BCUT2D eigenvalue weighted by atomic mass is 9.87. The molecule has 1 aromatic rings. The van der Waals surface area contributed by atoms with E-state index >= 15 is 0 Å². The zero-order chi connectivity index (χ0) is 14.8. The van der Waals surface area contributed by atoms with Crippen molar-refractivity contribution in [1.29, 1.82) is 0 Å². The summed E-state index contributed by atoms with van der Waals surface area (Å²) in [4.78, 5) is 9.65. The number of nitro groups is 1. The van der Waals surface area contributed by atoms with Crippen molar-refractivity contribution < 1.29 is 18.8 Å². The molecule has 20 heavy (non-hydrogen) atoms. The number of hydrogen-bond acceptors (Lipinski definition) is 4. The number of nitro benzene ring substituents is 1. The fourth-order valence-corrected chi connectivity index (χ4v) is 2.63. The Hall–Kier alpha value is -1.76. The first-order chi connectivity index (χ1) is 9.47. The molecule has 0 amide bonds. The molecule has 0 bridgehead atoms. The van der Waals surface area contributed by atoms with Gasteiger partial charge in [-0.2, -0.15) is 0 Å². The standard InChI is InChI=1S/C13H16F2N2O3/c14-10-5-9(17(19)20)6-11(15)12(10)16-7-13(8-18)3-1-2-4-13/h5-6,16,18H,1-4,7-8H2. The van der Waals surface area contributed by atoms with Crippen LogP contribution in [0, 0.1) is 27.2 Å². The summed E-state index contributed by atoms with van der Waals surface area (Å²) >= 11 is 0. The molecule has 0 atom stereocenters. The highest BCUT2D eigenvalue weighted by atomic mass is 19.1. The third-order valence-corrected chi connectivity index (χ3v) is 3.88. The fraction of sp³-hybridized carbons (Fsp3) is 0.538. The summed E-state index contributed by atoms with van der Waals surface area (Å²) in [6.07, 6.45) is 3.56. The van der Waals surface area contributed by atoms with Crippen LogP contribution in [0.5, 0.6) is 0 Å². The van der Waals surface area contributed by atoms with Gasteiger partial charge in [-0.3, -0.25) is 10.1 Å². The largest absolute Gasteiger partial charge is 0.396 e. The molecule has 1 saturated carbocycles. The lowest BCUT2D eigenvalue weighted by molar-refractivity contribution is -0.385. The number of nitrogens with one attached hydrogen (secondary N) is 1. The van der Waals surface area contributed by atoms with E-state index in [-0.39, 0.29) is 24.3 Å². The van der Waals surface area contributed by atoms with Gasteiger partial charge in [0.05, 0.1) is 23.7 Å². The number of halogens is 2. The minimum absolute atomic E-state index is 0.0454. The zero-order valence-corrected chi connectivity index (χ0v) is 10.9. The molecule has 1 aliphatic rings. The number of hydrogen-bond donors (Lipinski definition) is 2. The second kappa shape index (κ2) is 5.70. The van der Waals surface area contributed by atoms with Crippen molar-refractivity contribution in [3.8, 4) is 0 Å². The number of nitrogens with zero attached hydrogens (tertiary/aromatic N) is 1. The van der Waals surface area contributed by atoms with E-state index < -0.39 is 22.2 Å². The van der Waals surface area contributed by atoms with Crippen LogP contribution in [0.15, 0.2) is 12.1 Å². The van der Waals surface area contributed by atoms with Crippen LogP contribution in [0.1, 0.15) is 25.7 Å². The minimum atomic E-state index is -0.997. The normalized spacial score (nSPS) is 17.1. The van der Waals surface area contributed by atoms with Crippen molar-refractivity contribution >= 4 is 11.4 Å². The molecule has 0 radical (unpaired) electrons. The van der Waals surface area contributed by atoms with Gasteiger partial charge in [-0.25, -0.2) is 8.78 Å². The molecule has 0 unspecified atom stereocenters. The molecule has 1 aliphatic carbocycles. The summed E-state index contributed by atoms with van der Waals surface area (Å²) in [5.74, 6) is -1.99. The molecule has 0 aromatic heterocycles. The average molecular weight is 286 g/mol. The Balaban J connectivity index is 2.15. The lowest BCUT2D eigenvalue weighted by Crippen LogP contribution is -2.31. The van der Waals surface area contributed by atoms with E-state index in [0.29, 0.717) is 12.1 Å². The first kappa shape index (κ1) is 14.6. The van der Waals surface area contributed by atoms with E-state index in [2.05, 4.69) is 5.32 Å². The molecule has 0 heterocycles. The van der Waals surface area contributed by atoms with Gasteiger partial charge in [-0.1, -0.05) is 12.8 Å². The van der Waals surface area contributed by atoms with E-state index in [0.717, 1.165) is 25.7 Å². The maximum Gasteiger partial charge on any atom is 0.275 e. The van der Waals surface area contributed by atoms with Crippen molar-refractivity contribution in [2.24, 2.45) is 5.41 Å². The highest BCUT2D eigenvalue weighted by Crippen LogP contribution is 2.38.